The van der Waals surface area contributed by atoms with E-state index in [1.54, 1.807) is 122 Å². The number of hydrogen-bond acceptors (Lipinski definition) is 8. The van der Waals surface area contributed by atoms with Crippen LogP contribution in [0.4, 0.5) is 0 Å². The summed E-state index contributed by atoms with van der Waals surface area (Å²) in [6.45, 7) is 0. The lowest BCUT2D eigenvalue weighted by atomic mass is 9.91. The molecule has 0 amide bonds. The first kappa shape index (κ1) is 30.0. The van der Waals surface area contributed by atoms with Gasteiger partial charge in [0.15, 0.2) is 0 Å². The van der Waals surface area contributed by atoms with Gasteiger partial charge in [0.25, 0.3) is 0 Å². The van der Waals surface area contributed by atoms with Gasteiger partial charge in [-0.25, -0.2) is 19.2 Å². The highest BCUT2D eigenvalue weighted by Gasteiger charge is 2.23. The van der Waals surface area contributed by atoms with Crippen molar-refractivity contribution >= 4 is 36.3 Å². The molecule has 1 aliphatic carbocycles. The second-order valence-corrected chi connectivity index (χ2v) is 10.3. The van der Waals surface area contributed by atoms with Crippen molar-refractivity contribution in [2.24, 2.45) is 9.98 Å². The van der Waals surface area contributed by atoms with Crippen LogP contribution >= 0.6 is 0 Å². The maximum absolute atomic E-state index is 12.4. The van der Waals surface area contributed by atoms with Gasteiger partial charge in [-0.2, -0.15) is 0 Å². The first-order chi connectivity index (χ1) is 21.5. The summed E-state index contributed by atoms with van der Waals surface area (Å²) in [5, 5.41) is 0. The summed E-state index contributed by atoms with van der Waals surface area (Å²) in [5.74, 6) is -2.82. The minimum Gasteiger partial charge on any atom is -0.386 e. The predicted molar refractivity (Wildman–Crippen MR) is 166 cm³/mol. The number of benzene rings is 4. The fourth-order valence-electron chi connectivity index (χ4n) is 4.77. The third-order valence-electron chi connectivity index (χ3n) is 7.21. The van der Waals surface area contributed by atoms with Crippen LogP contribution in [0.2, 0.25) is 0 Å². The molecule has 1 fully saturated rings. The molecule has 0 bridgehead atoms. The fourth-order valence-corrected chi connectivity index (χ4v) is 4.77. The lowest BCUT2D eigenvalue weighted by molar-refractivity contribution is 0.0380. The van der Waals surface area contributed by atoms with Crippen molar-refractivity contribution in [3.05, 3.63) is 143 Å². The number of aliphatic imine (C=N–C) groups is 2. The Bertz CT molecular complexity index is 1540. The summed E-state index contributed by atoms with van der Waals surface area (Å²) in [5.41, 5.74) is 2.80. The summed E-state index contributed by atoms with van der Waals surface area (Å²) in [7, 11) is 0. The molecule has 4 aromatic rings. The summed E-state index contributed by atoms with van der Waals surface area (Å²) in [6, 6.07) is 30.2. The van der Waals surface area contributed by atoms with E-state index in [0.717, 1.165) is 36.8 Å². The number of carbonyl (C=O) groups is 4. The molecule has 1 aliphatic rings. The first-order valence-corrected chi connectivity index (χ1v) is 14.4. The lowest BCUT2D eigenvalue weighted by Crippen LogP contribution is -2.27. The van der Waals surface area contributed by atoms with Crippen LogP contribution in [-0.4, -0.2) is 48.4 Å². The molecule has 2 atom stereocenters. The van der Waals surface area contributed by atoms with Gasteiger partial charge in [-0.1, -0.05) is 73.5 Å². The van der Waals surface area contributed by atoms with E-state index in [4.69, 9.17) is 19.5 Å². The highest BCUT2D eigenvalue weighted by molar-refractivity contribution is 6.03. The Morgan fingerprint density at radius 2 is 0.795 bits per heavy atom. The van der Waals surface area contributed by atoms with Crippen molar-refractivity contribution in [2.75, 3.05) is 0 Å². The van der Waals surface area contributed by atoms with Crippen LogP contribution in [0.15, 0.2) is 119 Å². The van der Waals surface area contributed by atoms with E-state index in [-0.39, 0.29) is 23.2 Å². The second-order valence-electron chi connectivity index (χ2n) is 10.3. The molecule has 0 spiro atoms. The minimum atomic E-state index is -0.713. The highest BCUT2D eigenvalue weighted by Crippen LogP contribution is 2.24. The Kier molecular flexibility index (Phi) is 9.94. The van der Waals surface area contributed by atoms with E-state index in [2.05, 4.69) is 0 Å². The van der Waals surface area contributed by atoms with E-state index in [9.17, 15) is 19.2 Å². The number of hydrogen-bond donors (Lipinski definition) is 0. The number of rotatable bonds is 8. The van der Waals surface area contributed by atoms with Crippen LogP contribution in [0.5, 0.6) is 0 Å². The third-order valence-corrected chi connectivity index (χ3v) is 7.21. The van der Waals surface area contributed by atoms with E-state index >= 15 is 0 Å². The molecule has 0 aromatic heterocycles. The Morgan fingerprint density at radius 1 is 0.477 bits per heavy atom. The minimum absolute atomic E-state index is 0.00591. The van der Waals surface area contributed by atoms with Gasteiger partial charge in [-0.15, -0.1) is 0 Å². The van der Waals surface area contributed by atoms with Gasteiger partial charge in [0.1, 0.15) is 0 Å². The molecule has 44 heavy (non-hydrogen) atoms. The van der Waals surface area contributed by atoms with Crippen molar-refractivity contribution in [3.63, 3.8) is 0 Å². The van der Waals surface area contributed by atoms with Gasteiger partial charge in [-0.05, 0) is 72.5 Å². The molecule has 0 aliphatic heterocycles. The first-order valence-electron chi connectivity index (χ1n) is 14.4. The lowest BCUT2D eigenvalue weighted by Gasteiger charge is -2.25. The number of carbonyl (C=O) groups excluding carboxylic acids is 4. The van der Waals surface area contributed by atoms with Crippen molar-refractivity contribution in [1.82, 2.24) is 0 Å². The van der Waals surface area contributed by atoms with Crippen LogP contribution < -0.4 is 0 Å². The van der Waals surface area contributed by atoms with Crippen molar-refractivity contribution in [3.8, 4) is 0 Å². The Labute approximate surface area is 255 Å². The Hall–Kier alpha value is -5.50. The average molecular weight is 587 g/mol. The number of ether oxygens (including phenoxy) is 2. The van der Waals surface area contributed by atoms with E-state index in [0.29, 0.717) is 11.1 Å². The van der Waals surface area contributed by atoms with Crippen molar-refractivity contribution in [1.29, 1.82) is 0 Å². The van der Waals surface area contributed by atoms with E-state index in [1.165, 1.54) is 0 Å². The average Bonchev–Trinajstić information content (AvgIpc) is 3.08. The zero-order valence-corrected chi connectivity index (χ0v) is 23.9. The summed E-state index contributed by atoms with van der Waals surface area (Å²) in [4.78, 5) is 58.7. The maximum atomic E-state index is 12.4. The molecule has 0 radical (unpaired) electrons. The van der Waals surface area contributed by atoms with Gasteiger partial charge in [0.2, 0.25) is 0 Å². The molecule has 0 N–H and O–H groups in total. The van der Waals surface area contributed by atoms with E-state index in [1.807, 2.05) is 0 Å². The summed E-state index contributed by atoms with van der Waals surface area (Å²) in [6.07, 6.45) is 7.49. The van der Waals surface area contributed by atoms with Crippen molar-refractivity contribution < 1.29 is 28.7 Å². The zero-order valence-electron chi connectivity index (χ0n) is 23.9. The monoisotopic (exact) mass is 586 g/mol. The number of esters is 4. The second kappa shape index (κ2) is 14.6. The fraction of sp³-hybridized carbons (Fsp3) is 0.167. The predicted octanol–water partition coefficient (Wildman–Crippen LogP) is 6.53. The molecule has 220 valence electrons. The molecule has 4 aromatic carbocycles. The normalized spacial score (nSPS) is 16.5. The van der Waals surface area contributed by atoms with Gasteiger partial charge in [0, 0.05) is 12.4 Å². The molecule has 0 saturated heterocycles. The van der Waals surface area contributed by atoms with Crippen LogP contribution in [-0.2, 0) is 9.47 Å². The van der Waals surface area contributed by atoms with Crippen molar-refractivity contribution in [2.45, 2.75) is 37.8 Å². The van der Waals surface area contributed by atoms with Crippen LogP contribution in [0, 0.1) is 0 Å². The topological polar surface area (TPSA) is 111 Å². The molecule has 5 rings (SSSR count). The van der Waals surface area contributed by atoms with Gasteiger partial charge >= 0.3 is 23.9 Å². The quantitative estimate of drug-likeness (QED) is 0.132. The largest absolute Gasteiger partial charge is 0.386 e. The SMILES string of the molecule is O=C(OC(=O)c1ccc(C=NC2CCCCC2/N=C/c2ccc(C(=O)OC(=O)c3ccccc3)cc2)cc1)c1ccccc1. The highest BCUT2D eigenvalue weighted by atomic mass is 16.6. The molecule has 8 heteroatoms. The van der Waals surface area contributed by atoms with Gasteiger partial charge in [0.05, 0.1) is 34.3 Å². The molecule has 1 saturated carbocycles. The van der Waals surface area contributed by atoms with Gasteiger partial charge in [-0.3, -0.25) is 9.98 Å². The maximum Gasteiger partial charge on any atom is 0.346 e. The molecular formula is C36H30N2O6. The Morgan fingerprint density at radius 3 is 1.14 bits per heavy atom. The molecule has 8 nitrogen and oxygen atoms in total. The zero-order chi connectivity index (χ0) is 30.7. The molecule has 2 unspecified atom stereocenters. The van der Waals surface area contributed by atoms with Crippen LogP contribution in [0.3, 0.4) is 0 Å². The van der Waals surface area contributed by atoms with E-state index < -0.39 is 23.9 Å². The Balaban J connectivity index is 1.16. The summed E-state index contributed by atoms with van der Waals surface area (Å²) < 4.78 is 9.96. The van der Waals surface area contributed by atoms with Gasteiger partial charge < -0.3 is 9.47 Å². The standard InChI is InChI=1S/C36H30N2O6/c39-33(27-9-3-1-4-10-27)43-35(41)29-19-15-25(16-20-29)23-37-31-13-7-8-14-32(31)38-24-26-17-21-30(22-18-26)36(42)44-34(40)28-11-5-2-6-12-28/h1-6,9-12,15-24,31-32H,7-8,13-14H2/b37-23+,38-24?. The third kappa shape index (κ3) is 8.07. The van der Waals surface area contributed by atoms with Crippen LogP contribution in [0.1, 0.15) is 78.2 Å². The molecular weight excluding hydrogens is 556 g/mol. The van der Waals surface area contributed by atoms with Crippen LogP contribution in [0.25, 0.3) is 0 Å². The summed E-state index contributed by atoms with van der Waals surface area (Å²) >= 11 is 0. The smallest absolute Gasteiger partial charge is 0.346 e. The number of nitrogens with zero attached hydrogens (tertiary/aromatic N) is 2. The molecule has 0 heterocycles.